The van der Waals surface area contributed by atoms with Gasteiger partial charge in [-0.25, -0.2) is 4.79 Å². The third-order valence-corrected chi connectivity index (χ3v) is 7.84. The van der Waals surface area contributed by atoms with Crippen LogP contribution in [0.4, 0.5) is 4.79 Å². The topological polar surface area (TPSA) is 76.1 Å². The number of hydrogen-bond acceptors (Lipinski definition) is 5. The zero-order valence-electron chi connectivity index (χ0n) is 18.4. The minimum atomic E-state index is -2.96. The zero-order valence-corrected chi connectivity index (χ0v) is 20.9. The van der Waals surface area contributed by atoms with Crippen LogP contribution in [0.25, 0.3) is 0 Å². The molecule has 3 unspecified atom stereocenters. The van der Waals surface area contributed by atoms with Gasteiger partial charge < -0.3 is 14.4 Å². The number of hydrogen-bond donors (Lipinski definition) is 1. The van der Waals surface area contributed by atoms with Gasteiger partial charge in [-0.05, 0) is 36.4 Å². The van der Waals surface area contributed by atoms with Crippen LogP contribution in [0.15, 0.2) is 40.6 Å². The fraction of sp³-hybridized carbons (Fsp3) is 0.591. The van der Waals surface area contributed by atoms with Crippen LogP contribution in [0.5, 0.6) is 0 Å². The lowest BCUT2D eigenvalue weighted by Gasteiger charge is -2.29. The molecule has 8 heteroatoms. The molecule has 1 aromatic carbocycles. The molecule has 6 nitrogen and oxygen atoms in total. The first-order valence-electron chi connectivity index (χ1n) is 10.5. The van der Waals surface area contributed by atoms with Gasteiger partial charge in [0.15, 0.2) is 0 Å². The van der Waals surface area contributed by atoms with Gasteiger partial charge in [-0.3, -0.25) is 9.46 Å². The Morgan fingerprint density at radius 2 is 2.07 bits per heavy atom. The largest absolute Gasteiger partial charge is 0.453 e. The van der Waals surface area contributed by atoms with E-state index < -0.39 is 19.5 Å². The van der Waals surface area contributed by atoms with Gasteiger partial charge in [0.1, 0.15) is 0 Å². The Morgan fingerprint density at radius 3 is 2.60 bits per heavy atom. The van der Waals surface area contributed by atoms with Crippen molar-refractivity contribution in [2.75, 3.05) is 33.0 Å². The molecule has 0 heterocycles. The summed E-state index contributed by atoms with van der Waals surface area (Å²) in [4.78, 5) is 13.8. The smallest absolute Gasteiger partial charge is 0.410 e. The second-order valence-electron chi connectivity index (χ2n) is 7.15. The first-order valence-corrected chi connectivity index (χ1v) is 13.1. The molecule has 0 bridgehead atoms. The van der Waals surface area contributed by atoms with E-state index in [-0.39, 0.29) is 13.2 Å². The minimum Gasteiger partial charge on any atom is -0.453 e. The molecule has 0 aliphatic heterocycles. The van der Waals surface area contributed by atoms with E-state index in [2.05, 4.69) is 29.8 Å². The second kappa shape index (κ2) is 14.0. The lowest BCUT2D eigenvalue weighted by molar-refractivity contribution is 0.0892. The van der Waals surface area contributed by atoms with Crippen LogP contribution >= 0.6 is 23.3 Å². The molecule has 1 N–H and O–H groups in total. The maximum absolute atomic E-state index is 13.3. The SMILES string of the molecule is CCCC(CC)CP(=O)(/C=C/CN(C(=O)OC)C(CO)c1cccc(Br)c1)OCC. The maximum Gasteiger partial charge on any atom is 0.410 e. The Kier molecular flexibility index (Phi) is 12.6. The number of nitrogens with zero attached hydrogens (tertiary/aromatic N) is 1. The summed E-state index contributed by atoms with van der Waals surface area (Å²) in [5.41, 5.74) is 0.771. The van der Waals surface area contributed by atoms with E-state index in [1.54, 1.807) is 11.9 Å². The van der Waals surface area contributed by atoms with Crippen molar-refractivity contribution in [2.45, 2.75) is 46.1 Å². The molecule has 0 aliphatic rings. The summed E-state index contributed by atoms with van der Waals surface area (Å²) in [7, 11) is -1.66. The summed E-state index contributed by atoms with van der Waals surface area (Å²) in [6.45, 7) is 6.29. The number of aliphatic hydroxyl groups excluding tert-OH is 1. The highest BCUT2D eigenvalue weighted by Gasteiger charge is 2.27. The Balaban J connectivity index is 3.06. The van der Waals surface area contributed by atoms with Crippen LogP contribution in [0.3, 0.4) is 0 Å². The number of benzene rings is 1. The van der Waals surface area contributed by atoms with Gasteiger partial charge in [0.2, 0.25) is 7.37 Å². The van der Waals surface area contributed by atoms with Gasteiger partial charge in [0, 0.05) is 17.2 Å². The maximum atomic E-state index is 13.3. The van der Waals surface area contributed by atoms with E-state index in [4.69, 9.17) is 9.26 Å². The number of amides is 1. The molecule has 0 spiro atoms. The van der Waals surface area contributed by atoms with E-state index in [1.807, 2.05) is 31.2 Å². The number of carbonyl (C=O) groups excluding carboxylic acids is 1. The Labute approximate surface area is 189 Å². The quantitative estimate of drug-likeness (QED) is 0.324. The van der Waals surface area contributed by atoms with Gasteiger partial charge in [0.05, 0.1) is 26.4 Å². The molecule has 0 aliphatic carbocycles. The van der Waals surface area contributed by atoms with E-state index in [0.717, 1.165) is 29.3 Å². The van der Waals surface area contributed by atoms with Crippen molar-refractivity contribution in [3.8, 4) is 0 Å². The highest BCUT2D eigenvalue weighted by molar-refractivity contribution is 9.10. The molecular formula is C22H35BrNO5P. The monoisotopic (exact) mass is 503 g/mol. The molecule has 0 saturated heterocycles. The molecule has 1 aromatic rings. The third kappa shape index (κ3) is 8.54. The summed E-state index contributed by atoms with van der Waals surface area (Å²) >= 11 is 3.42. The van der Waals surface area contributed by atoms with E-state index in [0.29, 0.717) is 18.7 Å². The molecule has 0 fully saturated rings. The lowest BCUT2D eigenvalue weighted by Crippen LogP contribution is -2.36. The molecule has 0 radical (unpaired) electrons. The summed E-state index contributed by atoms with van der Waals surface area (Å²) in [5, 5.41) is 9.97. The zero-order chi connectivity index (χ0) is 22.6. The normalized spacial score (nSPS) is 15.5. The Hall–Kier alpha value is -1.14. The predicted octanol–water partition coefficient (Wildman–Crippen LogP) is 6.21. The Bertz CT molecular complexity index is 727. The van der Waals surface area contributed by atoms with Crippen LogP contribution in [0, 0.1) is 5.92 Å². The fourth-order valence-corrected chi connectivity index (χ4v) is 6.18. The standard InChI is InChI=1S/C22H35BrNO5P/c1-5-10-18(6-2)17-30(27,29-7-3)14-9-13-24(22(26)28-4)21(16-25)19-11-8-12-20(23)15-19/h8-9,11-12,14-15,18,21,25H,5-7,10,13,16-17H2,1-4H3/b14-9+. The summed E-state index contributed by atoms with van der Waals surface area (Å²) in [5.74, 6) is 1.95. The van der Waals surface area contributed by atoms with Crippen molar-refractivity contribution in [2.24, 2.45) is 5.92 Å². The van der Waals surface area contributed by atoms with Gasteiger partial charge in [-0.15, -0.1) is 0 Å². The van der Waals surface area contributed by atoms with Crippen molar-refractivity contribution in [3.63, 3.8) is 0 Å². The summed E-state index contributed by atoms with van der Waals surface area (Å²) in [6, 6.07) is 6.82. The summed E-state index contributed by atoms with van der Waals surface area (Å²) < 4.78 is 24.7. The van der Waals surface area contributed by atoms with E-state index in [9.17, 15) is 14.5 Å². The van der Waals surface area contributed by atoms with E-state index in [1.165, 1.54) is 12.0 Å². The number of halogens is 1. The lowest BCUT2D eigenvalue weighted by atomic mass is 10.0. The molecule has 0 aromatic heterocycles. The summed E-state index contributed by atoms with van der Waals surface area (Å²) in [6.07, 6.45) is 4.60. The average Bonchev–Trinajstić information content (AvgIpc) is 2.72. The van der Waals surface area contributed by atoms with Gasteiger partial charge in [0.25, 0.3) is 0 Å². The molecule has 0 saturated carbocycles. The van der Waals surface area contributed by atoms with Crippen molar-refractivity contribution >= 4 is 29.4 Å². The van der Waals surface area contributed by atoms with Gasteiger partial charge in [-0.2, -0.15) is 0 Å². The van der Waals surface area contributed by atoms with E-state index >= 15 is 0 Å². The number of methoxy groups -OCH3 is 1. The van der Waals surface area contributed by atoms with Crippen molar-refractivity contribution < 1.29 is 23.7 Å². The third-order valence-electron chi connectivity index (χ3n) is 4.96. The molecule has 1 amide bonds. The van der Waals surface area contributed by atoms with Crippen LogP contribution in [0.2, 0.25) is 0 Å². The van der Waals surface area contributed by atoms with Gasteiger partial charge in [-0.1, -0.05) is 67.2 Å². The van der Waals surface area contributed by atoms with Crippen LogP contribution in [0.1, 0.15) is 51.6 Å². The first kappa shape index (κ1) is 26.9. The molecular weight excluding hydrogens is 469 g/mol. The van der Waals surface area contributed by atoms with Crippen molar-refractivity contribution in [1.29, 1.82) is 0 Å². The minimum absolute atomic E-state index is 0.145. The average molecular weight is 504 g/mol. The van der Waals surface area contributed by atoms with Crippen LogP contribution in [-0.4, -0.2) is 49.1 Å². The fourth-order valence-electron chi connectivity index (χ4n) is 3.43. The predicted molar refractivity (Wildman–Crippen MR) is 125 cm³/mol. The number of rotatable bonds is 13. The number of ether oxygens (including phenoxy) is 1. The first-order chi connectivity index (χ1) is 14.3. The van der Waals surface area contributed by atoms with Crippen LogP contribution < -0.4 is 0 Å². The number of carbonyl (C=O) groups is 1. The molecule has 1 rings (SSSR count). The molecule has 3 atom stereocenters. The second-order valence-corrected chi connectivity index (χ2v) is 10.4. The number of aliphatic hydroxyl groups is 1. The highest BCUT2D eigenvalue weighted by Crippen LogP contribution is 2.51. The highest BCUT2D eigenvalue weighted by atomic mass is 79.9. The molecule has 30 heavy (non-hydrogen) atoms. The Morgan fingerprint density at radius 1 is 1.33 bits per heavy atom. The van der Waals surface area contributed by atoms with Gasteiger partial charge >= 0.3 is 6.09 Å². The molecule has 170 valence electrons. The van der Waals surface area contributed by atoms with Crippen molar-refractivity contribution in [1.82, 2.24) is 4.90 Å². The van der Waals surface area contributed by atoms with Crippen LogP contribution in [-0.2, 0) is 13.8 Å². The van der Waals surface area contributed by atoms with Crippen molar-refractivity contribution in [3.05, 3.63) is 46.2 Å².